The van der Waals surface area contributed by atoms with E-state index in [-0.39, 0.29) is 12.8 Å². The molecule has 1 fully saturated rings. The standard InChI is InChI=1S/C17H17NO4S/c19-17(20)12-3-1-7-18(12)16(15-4-2-8-23-15)11-5-6-13-14(9-11)22-10-21-13/h2,4-6,8-9,12,16H,1,3,7,10H2,(H,19,20). The van der Waals surface area contributed by atoms with Gasteiger partial charge in [-0.15, -0.1) is 11.3 Å². The molecule has 1 aromatic carbocycles. The average molecular weight is 331 g/mol. The largest absolute Gasteiger partial charge is 0.480 e. The molecule has 1 aromatic heterocycles. The first-order valence-corrected chi connectivity index (χ1v) is 8.53. The number of hydrogen-bond donors (Lipinski definition) is 1. The van der Waals surface area contributed by atoms with Crippen molar-refractivity contribution >= 4 is 17.3 Å². The number of likely N-dealkylation sites (tertiary alicyclic amines) is 1. The predicted molar refractivity (Wildman–Crippen MR) is 86.1 cm³/mol. The van der Waals surface area contributed by atoms with Crippen molar-refractivity contribution in [2.75, 3.05) is 13.3 Å². The third kappa shape index (κ3) is 2.58. The monoisotopic (exact) mass is 331 g/mol. The van der Waals surface area contributed by atoms with Crippen LogP contribution in [0.2, 0.25) is 0 Å². The second kappa shape index (κ2) is 5.86. The zero-order chi connectivity index (χ0) is 15.8. The van der Waals surface area contributed by atoms with Crippen LogP contribution in [0.3, 0.4) is 0 Å². The van der Waals surface area contributed by atoms with Crippen LogP contribution >= 0.6 is 11.3 Å². The number of fused-ring (bicyclic) bond motifs is 1. The number of rotatable bonds is 4. The fraction of sp³-hybridized carbons (Fsp3) is 0.353. The third-order valence-corrected chi connectivity index (χ3v) is 5.36. The molecule has 6 heteroatoms. The van der Waals surface area contributed by atoms with Gasteiger partial charge in [0, 0.05) is 11.4 Å². The van der Waals surface area contributed by atoms with Gasteiger partial charge in [-0.25, -0.2) is 0 Å². The van der Waals surface area contributed by atoms with Crippen LogP contribution in [0, 0.1) is 0 Å². The van der Waals surface area contributed by atoms with Gasteiger partial charge in [-0.2, -0.15) is 0 Å². The molecule has 2 aliphatic rings. The van der Waals surface area contributed by atoms with E-state index >= 15 is 0 Å². The molecule has 3 heterocycles. The number of thiophene rings is 1. The van der Waals surface area contributed by atoms with Gasteiger partial charge < -0.3 is 14.6 Å². The number of carboxylic acids is 1. The molecule has 4 rings (SSSR count). The Hall–Kier alpha value is -2.05. The van der Waals surface area contributed by atoms with Gasteiger partial charge in [0.2, 0.25) is 6.79 Å². The first kappa shape index (κ1) is 14.5. The van der Waals surface area contributed by atoms with Crippen LogP contribution in [-0.4, -0.2) is 35.4 Å². The van der Waals surface area contributed by atoms with Crippen molar-refractivity contribution in [2.45, 2.75) is 24.9 Å². The van der Waals surface area contributed by atoms with Crippen molar-refractivity contribution in [3.05, 3.63) is 46.2 Å². The Morgan fingerprint density at radius 1 is 1.30 bits per heavy atom. The van der Waals surface area contributed by atoms with E-state index in [1.54, 1.807) is 11.3 Å². The summed E-state index contributed by atoms with van der Waals surface area (Å²) in [4.78, 5) is 14.9. The van der Waals surface area contributed by atoms with E-state index < -0.39 is 12.0 Å². The van der Waals surface area contributed by atoms with Gasteiger partial charge in [-0.1, -0.05) is 12.1 Å². The van der Waals surface area contributed by atoms with Crippen molar-refractivity contribution in [2.24, 2.45) is 0 Å². The molecule has 2 aliphatic heterocycles. The normalized spacial score (nSPS) is 21.5. The van der Waals surface area contributed by atoms with Crippen LogP contribution < -0.4 is 9.47 Å². The van der Waals surface area contributed by atoms with Crippen LogP contribution in [0.25, 0.3) is 0 Å². The van der Waals surface area contributed by atoms with Crippen molar-refractivity contribution in [1.29, 1.82) is 0 Å². The molecule has 5 nitrogen and oxygen atoms in total. The van der Waals surface area contributed by atoms with Gasteiger partial charge in [0.05, 0.1) is 6.04 Å². The quantitative estimate of drug-likeness (QED) is 0.933. The van der Waals surface area contributed by atoms with Gasteiger partial charge in [0.1, 0.15) is 6.04 Å². The highest BCUT2D eigenvalue weighted by atomic mass is 32.1. The second-order valence-electron chi connectivity index (χ2n) is 5.76. The molecule has 120 valence electrons. The molecule has 0 saturated carbocycles. The van der Waals surface area contributed by atoms with E-state index in [2.05, 4.69) is 11.0 Å². The lowest BCUT2D eigenvalue weighted by atomic mass is 10.0. The SMILES string of the molecule is O=C(O)C1CCCN1C(c1ccc2c(c1)OCO2)c1cccs1. The Balaban J connectivity index is 1.76. The minimum Gasteiger partial charge on any atom is -0.480 e. The summed E-state index contributed by atoms with van der Waals surface area (Å²) in [6.45, 7) is 1.03. The number of carboxylic acid groups (broad SMARTS) is 1. The average Bonchev–Trinajstić information content (AvgIpc) is 3.29. The first-order chi connectivity index (χ1) is 11.2. The van der Waals surface area contributed by atoms with Gasteiger partial charge in [-0.05, 0) is 42.0 Å². The molecule has 0 spiro atoms. The number of nitrogens with zero attached hydrogens (tertiary/aromatic N) is 1. The number of aliphatic carboxylic acids is 1. The van der Waals surface area contributed by atoms with Crippen LogP contribution in [0.5, 0.6) is 11.5 Å². The summed E-state index contributed by atoms with van der Waals surface area (Å²) in [5, 5.41) is 11.6. The number of ether oxygens (including phenoxy) is 2. The highest BCUT2D eigenvalue weighted by Crippen LogP contribution is 2.41. The zero-order valence-corrected chi connectivity index (χ0v) is 13.3. The van der Waals surface area contributed by atoms with E-state index in [0.29, 0.717) is 6.42 Å². The maximum absolute atomic E-state index is 11.6. The minimum atomic E-state index is -0.746. The highest BCUT2D eigenvalue weighted by molar-refractivity contribution is 7.10. The van der Waals surface area contributed by atoms with Crippen LogP contribution in [0.15, 0.2) is 35.7 Å². The van der Waals surface area contributed by atoms with Crippen molar-refractivity contribution < 1.29 is 19.4 Å². The summed E-state index contributed by atoms with van der Waals surface area (Å²) in [5.74, 6) is 0.731. The maximum atomic E-state index is 11.6. The number of hydrogen-bond acceptors (Lipinski definition) is 5. The topological polar surface area (TPSA) is 59.0 Å². The summed E-state index contributed by atoms with van der Waals surface area (Å²) in [5.41, 5.74) is 1.05. The molecule has 0 aliphatic carbocycles. The molecule has 2 aromatic rings. The minimum absolute atomic E-state index is 0.0619. The van der Waals surface area contributed by atoms with Crippen LogP contribution in [-0.2, 0) is 4.79 Å². The molecule has 2 unspecified atom stereocenters. The van der Waals surface area contributed by atoms with Gasteiger partial charge >= 0.3 is 5.97 Å². The summed E-state index contributed by atoms with van der Waals surface area (Å²) in [7, 11) is 0. The molecule has 0 bridgehead atoms. The van der Waals surface area contributed by atoms with Crippen LogP contribution in [0.4, 0.5) is 0 Å². The van der Waals surface area contributed by atoms with E-state index in [0.717, 1.165) is 34.9 Å². The van der Waals surface area contributed by atoms with E-state index in [1.807, 2.05) is 29.6 Å². The third-order valence-electron chi connectivity index (χ3n) is 4.44. The van der Waals surface area contributed by atoms with E-state index in [1.165, 1.54) is 0 Å². The van der Waals surface area contributed by atoms with Crippen LogP contribution in [0.1, 0.15) is 29.3 Å². The van der Waals surface area contributed by atoms with Gasteiger partial charge in [0.15, 0.2) is 11.5 Å². The molecule has 1 saturated heterocycles. The molecule has 2 atom stereocenters. The van der Waals surface area contributed by atoms with Crippen molar-refractivity contribution in [1.82, 2.24) is 4.90 Å². The lowest BCUT2D eigenvalue weighted by Crippen LogP contribution is -2.38. The Labute approximate surface area is 138 Å². The number of benzene rings is 1. The van der Waals surface area contributed by atoms with E-state index in [4.69, 9.17) is 9.47 Å². The highest BCUT2D eigenvalue weighted by Gasteiger charge is 2.37. The second-order valence-corrected chi connectivity index (χ2v) is 6.74. The molecule has 0 radical (unpaired) electrons. The fourth-order valence-electron chi connectivity index (χ4n) is 3.41. The first-order valence-electron chi connectivity index (χ1n) is 7.65. The predicted octanol–water partition coefficient (Wildman–Crippen LogP) is 3.12. The lowest BCUT2D eigenvalue weighted by Gasteiger charge is -2.31. The van der Waals surface area contributed by atoms with Gasteiger partial charge in [0.25, 0.3) is 0 Å². The summed E-state index contributed by atoms with van der Waals surface area (Å²) < 4.78 is 10.9. The fourth-order valence-corrected chi connectivity index (χ4v) is 4.28. The number of carbonyl (C=O) groups is 1. The zero-order valence-electron chi connectivity index (χ0n) is 12.5. The summed E-state index contributed by atoms with van der Waals surface area (Å²) in [6, 6.07) is 9.47. The Bertz CT molecular complexity index is 715. The summed E-state index contributed by atoms with van der Waals surface area (Å²) >= 11 is 1.65. The summed E-state index contributed by atoms with van der Waals surface area (Å²) in [6.07, 6.45) is 1.60. The Morgan fingerprint density at radius 3 is 2.96 bits per heavy atom. The maximum Gasteiger partial charge on any atom is 0.320 e. The van der Waals surface area contributed by atoms with Gasteiger partial charge in [-0.3, -0.25) is 9.69 Å². The molecule has 0 amide bonds. The van der Waals surface area contributed by atoms with Crippen molar-refractivity contribution in [3.8, 4) is 11.5 Å². The molecular formula is C17H17NO4S. The van der Waals surface area contributed by atoms with Crippen molar-refractivity contribution in [3.63, 3.8) is 0 Å². The molecular weight excluding hydrogens is 314 g/mol. The smallest absolute Gasteiger partial charge is 0.320 e. The van der Waals surface area contributed by atoms with E-state index in [9.17, 15) is 9.90 Å². The Kier molecular flexibility index (Phi) is 3.71. The lowest BCUT2D eigenvalue weighted by molar-refractivity contribution is -0.142. The Morgan fingerprint density at radius 2 is 2.17 bits per heavy atom. The molecule has 1 N–H and O–H groups in total. The molecule has 23 heavy (non-hydrogen) atoms.